The third-order valence-electron chi connectivity index (χ3n) is 2.32. The Morgan fingerprint density at radius 3 is 2.67 bits per heavy atom. The monoisotopic (exact) mass is 306 g/mol. The van der Waals surface area contributed by atoms with E-state index < -0.39 is 0 Å². The van der Waals surface area contributed by atoms with Crippen LogP contribution >= 0.6 is 15.9 Å². The van der Waals surface area contributed by atoms with Crippen LogP contribution in [-0.4, -0.2) is 18.0 Å². The summed E-state index contributed by atoms with van der Waals surface area (Å²) in [5.41, 5.74) is 1.20. The number of carbonyl (C=O) groups excluding carboxylic acids is 1. The first-order chi connectivity index (χ1) is 8.70. The molecule has 0 unspecified atom stereocenters. The SMILES string of the molecule is COc1ccc(NC(=O)c2ccccc2Br)cn1. The lowest BCUT2D eigenvalue weighted by Crippen LogP contribution is -2.12. The summed E-state index contributed by atoms with van der Waals surface area (Å²) in [6, 6.07) is 10.7. The lowest BCUT2D eigenvalue weighted by atomic mass is 10.2. The molecule has 1 N–H and O–H groups in total. The van der Waals surface area contributed by atoms with Crippen LogP contribution in [0.4, 0.5) is 5.69 Å². The number of nitrogens with one attached hydrogen (secondary N) is 1. The van der Waals surface area contributed by atoms with E-state index in [4.69, 9.17) is 4.74 Å². The number of nitrogens with zero attached hydrogens (tertiary/aromatic N) is 1. The van der Waals surface area contributed by atoms with Crippen molar-refractivity contribution in [1.29, 1.82) is 0 Å². The van der Waals surface area contributed by atoms with Crippen molar-refractivity contribution in [2.75, 3.05) is 12.4 Å². The minimum absolute atomic E-state index is 0.186. The zero-order valence-electron chi connectivity index (χ0n) is 9.68. The maximum absolute atomic E-state index is 12.0. The summed E-state index contributed by atoms with van der Waals surface area (Å²) in [6.07, 6.45) is 1.55. The predicted octanol–water partition coefficient (Wildman–Crippen LogP) is 3.11. The summed E-state index contributed by atoms with van der Waals surface area (Å²) < 4.78 is 5.70. The van der Waals surface area contributed by atoms with E-state index in [2.05, 4.69) is 26.2 Å². The van der Waals surface area contributed by atoms with Gasteiger partial charge in [0.25, 0.3) is 5.91 Å². The van der Waals surface area contributed by atoms with E-state index >= 15 is 0 Å². The topological polar surface area (TPSA) is 51.2 Å². The second-order valence-electron chi connectivity index (χ2n) is 3.52. The number of methoxy groups -OCH3 is 1. The quantitative estimate of drug-likeness (QED) is 0.948. The maximum Gasteiger partial charge on any atom is 0.256 e. The Balaban J connectivity index is 2.14. The Morgan fingerprint density at radius 2 is 2.06 bits per heavy atom. The van der Waals surface area contributed by atoms with Crippen molar-refractivity contribution < 1.29 is 9.53 Å². The molecule has 1 aromatic heterocycles. The number of hydrogen-bond acceptors (Lipinski definition) is 3. The van der Waals surface area contributed by atoms with Crippen molar-refractivity contribution >= 4 is 27.5 Å². The molecule has 0 aliphatic rings. The first-order valence-electron chi connectivity index (χ1n) is 5.26. The van der Waals surface area contributed by atoms with Gasteiger partial charge < -0.3 is 10.1 Å². The Labute approximate surface area is 113 Å². The van der Waals surface area contributed by atoms with E-state index in [0.717, 1.165) is 4.47 Å². The summed E-state index contributed by atoms with van der Waals surface area (Å²) in [6.45, 7) is 0. The first kappa shape index (κ1) is 12.6. The number of pyridine rings is 1. The molecule has 0 aliphatic heterocycles. The van der Waals surface area contributed by atoms with Gasteiger partial charge in [0, 0.05) is 10.5 Å². The van der Waals surface area contributed by atoms with E-state index in [1.165, 1.54) is 0 Å². The molecule has 0 aliphatic carbocycles. The number of carbonyl (C=O) groups is 1. The van der Waals surface area contributed by atoms with E-state index in [1.54, 1.807) is 31.5 Å². The molecule has 2 aromatic rings. The Bertz CT molecular complexity index is 555. The molecular weight excluding hydrogens is 296 g/mol. The number of halogens is 1. The van der Waals surface area contributed by atoms with Gasteiger partial charge in [0.1, 0.15) is 0 Å². The molecule has 0 saturated carbocycles. The highest BCUT2D eigenvalue weighted by Crippen LogP contribution is 2.18. The number of hydrogen-bond donors (Lipinski definition) is 1. The number of amides is 1. The fourth-order valence-corrected chi connectivity index (χ4v) is 1.88. The van der Waals surface area contributed by atoms with Gasteiger partial charge in [-0.2, -0.15) is 0 Å². The average molecular weight is 307 g/mol. The van der Waals surface area contributed by atoms with Gasteiger partial charge in [-0.15, -0.1) is 0 Å². The standard InChI is InChI=1S/C13H11BrN2O2/c1-18-12-7-6-9(8-15-12)16-13(17)10-4-2-3-5-11(10)14/h2-8H,1H3,(H,16,17). The van der Waals surface area contributed by atoms with Crippen molar-refractivity contribution in [1.82, 2.24) is 4.98 Å². The fourth-order valence-electron chi connectivity index (χ4n) is 1.42. The van der Waals surface area contributed by atoms with Crippen LogP contribution in [0.2, 0.25) is 0 Å². The number of aromatic nitrogens is 1. The average Bonchev–Trinajstić information content (AvgIpc) is 2.40. The number of anilines is 1. The zero-order valence-corrected chi connectivity index (χ0v) is 11.3. The predicted molar refractivity (Wildman–Crippen MR) is 72.9 cm³/mol. The lowest BCUT2D eigenvalue weighted by Gasteiger charge is -2.06. The summed E-state index contributed by atoms with van der Waals surface area (Å²) in [5, 5.41) is 2.76. The van der Waals surface area contributed by atoms with Crippen LogP contribution in [0, 0.1) is 0 Å². The second-order valence-corrected chi connectivity index (χ2v) is 4.38. The summed E-state index contributed by atoms with van der Waals surface area (Å²) in [7, 11) is 1.54. The molecule has 2 rings (SSSR count). The Morgan fingerprint density at radius 1 is 1.28 bits per heavy atom. The van der Waals surface area contributed by atoms with Gasteiger partial charge in [-0.3, -0.25) is 4.79 Å². The van der Waals surface area contributed by atoms with E-state index in [0.29, 0.717) is 17.1 Å². The van der Waals surface area contributed by atoms with Gasteiger partial charge in [-0.25, -0.2) is 4.98 Å². The zero-order chi connectivity index (χ0) is 13.0. The summed E-state index contributed by atoms with van der Waals surface area (Å²) in [5.74, 6) is 0.323. The first-order valence-corrected chi connectivity index (χ1v) is 6.06. The highest BCUT2D eigenvalue weighted by molar-refractivity contribution is 9.10. The van der Waals surface area contributed by atoms with Crippen LogP contribution in [-0.2, 0) is 0 Å². The smallest absolute Gasteiger partial charge is 0.256 e. The third-order valence-corrected chi connectivity index (χ3v) is 3.01. The third kappa shape index (κ3) is 2.87. The minimum atomic E-state index is -0.186. The van der Waals surface area contributed by atoms with Gasteiger partial charge in [0.15, 0.2) is 0 Å². The van der Waals surface area contributed by atoms with Crippen molar-refractivity contribution in [2.24, 2.45) is 0 Å². The highest BCUT2D eigenvalue weighted by Gasteiger charge is 2.09. The van der Waals surface area contributed by atoms with Crippen molar-refractivity contribution in [3.05, 3.63) is 52.6 Å². The molecule has 18 heavy (non-hydrogen) atoms. The van der Waals surface area contributed by atoms with E-state index in [1.807, 2.05) is 18.2 Å². The maximum atomic E-state index is 12.0. The molecule has 1 amide bonds. The molecule has 0 bridgehead atoms. The van der Waals surface area contributed by atoms with Crippen LogP contribution in [0.3, 0.4) is 0 Å². The van der Waals surface area contributed by atoms with Gasteiger partial charge in [-0.05, 0) is 34.1 Å². The Hall–Kier alpha value is -1.88. The summed E-state index contributed by atoms with van der Waals surface area (Å²) >= 11 is 3.34. The summed E-state index contributed by atoms with van der Waals surface area (Å²) in [4.78, 5) is 16.0. The van der Waals surface area contributed by atoms with Crippen LogP contribution in [0.1, 0.15) is 10.4 Å². The van der Waals surface area contributed by atoms with E-state index in [9.17, 15) is 4.79 Å². The van der Waals surface area contributed by atoms with Crippen LogP contribution < -0.4 is 10.1 Å². The van der Waals surface area contributed by atoms with Crippen LogP contribution in [0.25, 0.3) is 0 Å². The van der Waals surface area contributed by atoms with Crippen LogP contribution in [0.15, 0.2) is 47.1 Å². The molecule has 0 saturated heterocycles. The molecule has 0 fully saturated rings. The normalized spacial score (nSPS) is 9.89. The molecule has 0 radical (unpaired) electrons. The number of rotatable bonds is 3. The van der Waals surface area contributed by atoms with Crippen molar-refractivity contribution in [2.45, 2.75) is 0 Å². The fraction of sp³-hybridized carbons (Fsp3) is 0.0769. The van der Waals surface area contributed by atoms with Crippen molar-refractivity contribution in [3.8, 4) is 5.88 Å². The van der Waals surface area contributed by atoms with Gasteiger partial charge >= 0.3 is 0 Å². The minimum Gasteiger partial charge on any atom is -0.481 e. The van der Waals surface area contributed by atoms with Gasteiger partial charge in [0.05, 0.1) is 24.6 Å². The molecule has 0 atom stereocenters. The molecule has 1 aromatic carbocycles. The lowest BCUT2D eigenvalue weighted by molar-refractivity contribution is 0.102. The molecule has 4 nitrogen and oxygen atoms in total. The number of benzene rings is 1. The van der Waals surface area contributed by atoms with Gasteiger partial charge in [-0.1, -0.05) is 12.1 Å². The molecule has 92 valence electrons. The Kier molecular flexibility index (Phi) is 3.94. The molecule has 5 heteroatoms. The number of ether oxygens (including phenoxy) is 1. The molecule has 1 heterocycles. The molecular formula is C13H11BrN2O2. The largest absolute Gasteiger partial charge is 0.481 e. The van der Waals surface area contributed by atoms with Crippen LogP contribution in [0.5, 0.6) is 5.88 Å². The highest BCUT2D eigenvalue weighted by atomic mass is 79.9. The van der Waals surface area contributed by atoms with Gasteiger partial charge in [0.2, 0.25) is 5.88 Å². The molecule has 0 spiro atoms. The van der Waals surface area contributed by atoms with E-state index in [-0.39, 0.29) is 5.91 Å². The second kappa shape index (κ2) is 5.64. The van der Waals surface area contributed by atoms with Crippen molar-refractivity contribution in [3.63, 3.8) is 0 Å².